The zero-order valence-corrected chi connectivity index (χ0v) is 12.1. The molecule has 1 aliphatic heterocycles. The highest BCUT2D eigenvalue weighted by atomic mass is 16.2. The first-order chi connectivity index (χ1) is 10.8. The summed E-state index contributed by atoms with van der Waals surface area (Å²) in [6.07, 6.45) is 7.25. The van der Waals surface area contributed by atoms with E-state index in [2.05, 4.69) is 15.0 Å². The largest absolute Gasteiger partial charge is 0.345 e. The van der Waals surface area contributed by atoms with Gasteiger partial charge >= 0.3 is 0 Å². The fourth-order valence-electron chi connectivity index (χ4n) is 3.18. The van der Waals surface area contributed by atoms with E-state index in [0.717, 1.165) is 36.0 Å². The van der Waals surface area contributed by atoms with E-state index in [1.807, 2.05) is 35.2 Å². The van der Waals surface area contributed by atoms with Crippen LogP contribution in [0, 0.1) is 0 Å². The highest BCUT2D eigenvalue weighted by Crippen LogP contribution is 2.33. The van der Waals surface area contributed by atoms with Crippen LogP contribution in [0.1, 0.15) is 34.8 Å². The molecular weight excluding hydrogens is 276 g/mol. The number of aromatic nitrogens is 3. The number of imidazole rings is 1. The Morgan fingerprint density at radius 3 is 2.95 bits per heavy atom. The van der Waals surface area contributed by atoms with Gasteiger partial charge in [-0.05, 0) is 48.7 Å². The summed E-state index contributed by atoms with van der Waals surface area (Å²) in [5, 5.41) is 0. The first-order valence-electron chi connectivity index (χ1n) is 7.47. The maximum absolute atomic E-state index is 12.9. The first kappa shape index (κ1) is 13.0. The Bertz CT molecular complexity index is 812. The molecular formula is C17H16N4O. The molecule has 3 aromatic rings. The molecule has 0 radical (unpaired) electrons. The van der Waals surface area contributed by atoms with Gasteiger partial charge in [0.2, 0.25) is 0 Å². The smallest absolute Gasteiger partial charge is 0.254 e. The minimum atomic E-state index is 0.0795. The van der Waals surface area contributed by atoms with Crippen LogP contribution in [-0.2, 0) is 0 Å². The zero-order chi connectivity index (χ0) is 14.9. The molecule has 1 N–H and O–H groups in total. The summed E-state index contributed by atoms with van der Waals surface area (Å²) in [7, 11) is 0. The van der Waals surface area contributed by atoms with Gasteiger partial charge in [0.15, 0.2) is 0 Å². The predicted molar refractivity (Wildman–Crippen MR) is 83.3 cm³/mol. The SMILES string of the molecule is O=C(c1ccc2nc[nH]c2c1)N1CCCC1c1ccncc1. The summed E-state index contributed by atoms with van der Waals surface area (Å²) in [5.74, 6) is 0.0795. The average molecular weight is 292 g/mol. The van der Waals surface area contributed by atoms with E-state index in [-0.39, 0.29) is 11.9 Å². The summed E-state index contributed by atoms with van der Waals surface area (Å²) >= 11 is 0. The topological polar surface area (TPSA) is 61.9 Å². The molecule has 0 bridgehead atoms. The molecule has 3 heterocycles. The van der Waals surface area contributed by atoms with Crippen molar-refractivity contribution in [1.29, 1.82) is 0 Å². The molecule has 1 fully saturated rings. The number of nitrogens with zero attached hydrogens (tertiary/aromatic N) is 3. The van der Waals surface area contributed by atoms with Crippen molar-refractivity contribution < 1.29 is 4.79 Å². The quantitative estimate of drug-likeness (QED) is 0.790. The van der Waals surface area contributed by atoms with Gasteiger partial charge < -0.3 is 9.88 Å². The van der Waals surface area contributed by atoms with Gasteiger partial charge in [-0.3, -0.25) is 9.78 Å². The summed E-state index contributed by atoms with van der Waals surface area (Å²) in [6.45, 7) is 0.798. The average Bonchev–Trinajstić information content (AvgIpc) is 3.23. The molecule has 5 heteroatoms. The third-order valence-electron chi connectivity index (χ3n) is 4.27. The minimum Gasteiger partial charge on any atom is -0.345 e. The van der Waals surface area contributed by atoms with Crippen LogP contribution in [-0.4, -0.2) is 32.3 Å². The van der Waals surface area contributed by atoms with E-state index in [9.17, 15) is 4.79 Å². The number of benzene rings is 1. The van der Waals surface area contributed by atoms with Crippen LogP contribution in [0.4, 0.5) is 0 Å². The molecule has 1 aromatic carbocycles. The minimum absolute atomic E-state index is 0.0795. The number of likely N-dealkylation sites (tertiary alicyclic amines) is 1. The number of carbonyl (C=O) groups is 1. The number of fused-ring (bicyclic) bond motifs is 1. The molecule has 22 heavy (non-hydrogen) atoms. The maximum atomic E-state index is 12.9. The Balaban J connectivity index is 1.66. The van der Waals surface area contributed by atoms with Gasteiger partial charge in [0.1, 0.15) is 0 Å². The van der Waals surface area contributed by atoms with Crippen molar-refractivity contribution in [3.05, 3.63) is 60.2 Å². The van der Waals surface area contributed by atoms with Crippen molar-refractivity contribution >= 4 is 16.9 Å². The molecule has 2 aromatic heterocycles. The Hall–Kier alpha value is -2.69. The zero-order valence-electron chi connectivity index (χ0n) is 12.1. The third kappa shape index (κ3) is 2.15. The molecule has 0 aliphatic carbocycles. The van der Waals surface area contributed by atoms with Crippen LogP contribution < -0.4 is 0 Å². The number of carbonyl (C=O) groups excluding carboxylic acids is 1. The highest BCUT2D eigenvalue weighted by molar-refractivity contribution is 5.97. The van der Waals surface area contributed by atoms with Gasteiger partial charge in [-0.15, -0.1) is 0 Å². The summed E-state index contributed by atoms with van der Waals surface area (Å²) in [6, 6.07) is 9.76. The van der Waals surface area contributed by atoms with Crippen molar-refractivity contribution in [3.8, 4) is 0 Å². The number of hydrogen-bond donors (Lipinski definition) is 1. The Labute approximate surface area is 128 Å². The maximum Gasteiger partial charge on any atom is 0.254 e. The molecule has 1 amide bonds. The third-order valence-corrected chi connectivity index (χ3v) is 4.27. The van der Waals surface area contributed by atoms with Gasteiger partial charge in [-0.2, -0.15) is 0 Å². The van der Waals surface area contributed by atoms with Crippen LogP contribution in [0.25, 0.3) is 11.0 Å². The van der Waals surface area contributed by atoms with Crippen LogP contribution in [0.5, 0.6) is 0 Å². The molecule has 1 aliphatic rings. The molecule has 0 spiro atoms. The summed E-state index contributed by atoms with van der Waals surface area (Å²) in [4.78, 5) is 26.1. The lowest BCUT2D eigenvalue weighted by Crippen LogP contribution is -2.30. The van der Waals surface area contributed by atoms with Gasteiger partial charge in [-0.25, -0.2) is 4.98 Å². The number of H-pyrrole nitrogens is 1. The standard InChI is InChI=1S/C17H16N4O/c22-17(13-3-4-14-15(10-13)20-11-19-14)21-9-1-2-16(21)12-5-7-18-8-6-12/h3-8,10-11,16H,1-2,9H2,(H,19,20). The number of rotatable bonds is 2. The second kappa shape index (κ2) is 5.26. The predicted octanol–water partition coefficient (Wildman–Crippen LogP) is 2.94. The molecule has 1 atom stereocenters. The van der Waals surface area contributed by atoms with Crippen molar-refractivity contribution in [3.63, 3.8) is 0 Å². The number of aromatic amines is 1. The molecule has 0 saturated carbocycles. The lowest BCUT2D eigenvalue weighted by Gasteiger charge is -2.25. The Kier molecular flexibility index (Phi) is 3.11. The van der Waals surface area contributed by atoms with E-state index >= 15 is 0 Å². The van der Waals surface area contributed by atoms with Crippen LogP contribution in [0.2, 0.25) is 0 Å². The molecule has 1 unspecified atom stereocenters. The summed E-state index contributed by atoms with van der Waals surface area (Å²) < 4.78 is 0. The van der Waals surface area contributed by atoms with E-state index in [1.54, 1.807) is 18.7 Å². The Morgan fingerprint density at radius 1 is 1.23 bits per heavy atom. The van der Waals surface area contributed by atoms with Crippen molar-refractivity contribution in [1.82, 2.24) is 19.9 Å². The molecule has 4 rings (SSSR count). The molecule has 1 saturated heterocycles. The van der Waals surface area contributed by atoms with E-state index in [0.29, 0.717) is 5.56 Å². The van der Waals surface area contributed by atoms with Gasteiger partial charge in [0, 0.05) is 24.5 Å². The number of nitrogens with one attached hydrogen (secondary N) is 1. The van der Waals surface area contributed by atoms with Crippen molar-refractivity contribution in [2.75, 3.05) is 6.54 Å². The van der Waals surface area contributed by atoms with E-state index in [1.165, 1.54) is 0 Å². The normalized spacial score (nSPS) is 18.0. The second-order valence-electron chi connectivity index (χ2n) is 5.57. The van der Waals surface area contributed by atoms with Gasteiger partial charge in [0.25, 0.3) is 5.91 Å². The van der Waals surface area contributed by atoms with Gasteiger partial charge in [-0.1, -0.05) is 0 Å². The van der Waals surface area contributed by atoms with Crippen LogP contribution >= 0.6 is 0 Å². The monoisotopic (exact) mass is 292 g/mol. The van der Waals surface area contributed by atoms with Crippen LogP contribution in [0.15, 0.2) is 49.1 Å². The fraction of sp³-hybridized carbons (Fsp3) is 0.235. The van der Waals surface area contributed by atoms with Gasteiger partial charge in [0.05, 0.1) is 23.4 Å². The lowest BCUT2D eigenvalue weighted by atomic mass is 10.1. The number of pyridine rings is 1. The van der Waals surface area contributed by atoms with Crippen molar-refractivity contribution in [2.45, 2.75) is 18.9 Å². The van der Waals surface area contributed by atoms with E-state index < -0.39 is 0 Å². The second-order valence-corrected chi connectivity index (χ2v) is 5.57. The van der Waals surface area contributed by atoms with Crippen LogP contribution in [0.3, 0.4) is 0 Å². The molecule has 5 nitrogen and oxygen atoms in total. The molecule has 110 valence electrons. The first-order valence-corrected chi connectivity index (χ1v) is 7.47. The fourth-order valence-corrected chi connectivity index (χ4v) is 3.18. The lowest BCUT2D eigenvalue weighted by molar-refractivity contribution is 0.0736. The number of amides is 1. The number of hydrogen-bond acceptors (Lipinski definition) is 3. The van der Waals surface area contributed by atoms with E-state index in [4.69, 9.17) is 0 Å². The van der Waals surface area contributed by atoms with Crippen molar-refractivity contribution in [2.24, 2.45) is 0 Å². The summed E-state index contributed by atoms with van der Waals surface area (Å²) in [5.41, 5.74) is 3.63. The highest BCUT2D eigenvalue weighted by Gasteiger charge is 2.30. The Morgan fingerprint density at radius 2 is 2.09 bits per heavy atom.